The zero-order valence-electron chi connectivity index (χ0n) is 11.8. The summed E-state index contributed by atoms with van der Waals surface area (Å²) < 4.78 is 0.901. The van der Waals surface area contributed by atoms with Crippen molar-refractivity contribution in [3.63, 3.8) is 0 Å². The summed E-state index contributed by atoms with van der Waals surface area (Å²) in [7, 11) is 2.02. The number of nitrogens with zero attached hydrogens (tertiary/aromatic N) is 1. The number of thiocarbonyl (C=S) groups is 1. The van der Waals surface area contributed by atoms with E-state index in [1.807, 2.05) is 43.4 Å². The lowest BCUT2D eigenvalue weighted by atomic mass is 10.1. The van der Waals surface area contributed by atoms with Crippen LogP contribution in [0.25, 0.3) is 0 Å². The van der Waals surface area contributed by atoms with Crippen molar-refractivity contribution in [1.82, 2.24) is 0 Å². The molecule has 0 radical (unpaired) electrons. The van der Waals surface area contributed by atoms with E-state index in [2.05, 4.69) is 33.8 Å². The molecule has 1 atom stereocenters. The monoisotopic (exact) mass is 382 g/mol. The first-order chi connectivity index (χ1) is 9.91. The molecule has 2 aromatic carbocycles. The van der Waals surface area contributed by atoms with Crippen LogP contribution in [0.5, 0.6) is 0 Å². The van der Waals surface area contributed by atoms with Gasteiger partial charge in [0.1, 0.15) is 4.99 Å². The lowest BCUT2D eigenvalue weighted by Crippen LogP contribution is -2.25. The van der Waals surface area contributed by atoms with Crippen LogP contribution >= 0.6 is 39.7 Å². The van der Waals surface area contributed by atoms with Crippen molar-refractivity contribution in [2.45, 2.75) is 13.0 Å². The van der Waals surface area contributed by atoms with Gasteiger partial charge in [0, 0.05) is 27.8 Å². The second-order valence-corrected chi connectivity index (χ2v) is 6.57. The van der Waals surface area contributed by atoms with Crippen LogP contribution in [-0.4, -0.2) is 12.0 Å². The quantitative estimate of drug-likeness (QED) is 0.759. The molecule has 0 aliphatic heterocycles. The minimum Gasteiger partial charge on any atom is -0.389 e. The molecule has 0 aliphatic carbocycles. The van der Waals surface area contributed by atoms with E-state index in [9.17, 15) is 0 Å². The number of halogens is 2. The first-order valence-electron chi connectivity index (χ1n) is 6.48. The molecule has 0 saturated carbocycles. The van der Waals surface area contributed by atoms with Gasteiger partial charge in [0.25, 0.3) is 0 Å². The maximum absolute atomic E-state index is 6.08. The molecule has 0 bridgehead atoms. The third-order valence-corrected chi connectivity index (χ3v) is 4.63. The average molecular weight is 384 g/mol. The predicted molar refractivity (Wildman–Crippen MR) is 98.3 cm³/mol. The topological polar surface area (TPSA) is 29.3 Å². The molecule has 0 spiro atoms. The fraction of sp³-hybridized carbons (Fsp3) is 0.188. The van der Waals surface area contributed by atoms with Crippen LogP contribution in [0.2, 0.25) is 5.02 Å². The third-order valence-electron chi connectivity index (χ3n) is 3.53. The van der Waals surface area contributed by atoms with E-state index in [0.717, 1.165) is 26.3 Å². The summed E-state index contributed by atoms with van der Waals surface area (Å²) in [4.78, 5) is 2.52. The van der Waals surface area contributed by atoms with Crippen molar-refractivity contribution in [2.75, 3.05) is 11.9 Å². The Morgan fingerprint density at radius 2 is 1.95 bits per heavy atom. The highest BCUT2D eigenvalue weighted by atomic mass is 79.9. The van der Waals surface area contributed by atoms with Gasteiger partial charge in [0.15, 0.2) is 0 Å². The standard InChI is InChI=1S/C16H16BrClN2S/c1-10(11-5-3-6-12(18)9-11)20(2)14-8-4-7-13(17)15(14)16(19)21/h3-10H,1-2H3,(H2,19,21). The Kier molecular flexibility index (Phi) is 5.25. The van der Waals surface area contributed by atoms with Gasteiger partial charge in [-0.15, -0.1) is 0 Å². The second-order valence-electron chi connectivity index (χ2n) is 4.84. The summed E-state index contributed by atoms with van der Waals surface area (Å²) >= 11 is 14.8. The van der Waals surface area contributed by atoms with Crippen molar-refractivity contribution in [3.05, 3.63) is 63.1 Å². The molecular weight excluding hydrogens is 368 g/mol. The molecule has 2 N–H and O–H groups in total. The van der Waals surface area contributed by atoms with Gasteiger partial charge in [-0.1, -0.05) is 42.0 Å². The molecule has 5 heteroatoms. The number of nitrogens with two attached hydrogens (primary N) is 1. The SMILES string of the molecule is CC(c1cccc(Cl)c1)N(C)c1cccc(Br)c1C(N)=S. The first-order valence-corrected chi connectivity index (χ1v) is 8.06. The Hall–Kier alpha value is -1.10. The number of hydrogen-bond acceptors (Lipinski definition) is 2. The predicted octanol–water partition coefficient (Wildman–Crippen LogP) is 4.93. The first kappa shape index (κ1) is 16.3. The zero-order chi connectivity index (χ0) is 15.6. The maximum atomic E-state index is 6.08. The van der Waals surface area contributed by atoms with Gasteiger partial charge in [0.05, 0.1) is 6.04 Å². The van der Waals surface area contributed by atoms with Crippen LogP contribution in [0.3, 0.4) is 0 Å². The highest BCUT2D eigenvalue weighted by Gasteiger charge is 2.18. The average Bonchev–Trinajstić information content (AvgIpc) is 2.45. The van der Waals surface area contributed by atoms with Gasteiger partial charge in [-0.05, 0) is 52.7 Å². The number of anilines is 1. The molecule has 0 aromatic heterocycles. The minimum absolute atomic E-state index is 0.145. The lowest BCUT2D eigenvalue weighted by molar-refractivity contribution is 0.739. The summed E-state index contributed by atoms with van der Waals surface area (Å²) in [6.07, 6.45) is 0. The Labute approximate surface area is 144 Å². The highest BCUT2D eigenvalue weighted by Crippen LogP contribution is 2.32. The van der Waals surface area contributed by atoms with Gasteiger partial charge in [0.2, 0.25) is 0 Å². The molecule has 0 fully saturated rings. The smallest absolute Gasteiger partial charge is 0.107 e. The molecular formula is C16H16BrClN2S. The van der Waals surface area contributed by atoms with Crippen LogP contribution in [0.4, 0.5) is 5.69 Å². The van der Waals surface area contributed by atoms with Gasteiger partial charge in [-0.3, -0.25) is 0 Å². The van der Waals surface area contributed by atoms with Gasteiger partial charge in [-0.2, -0.15) is 0 Å². The van der Waals surface area contributed by atoms with E-state index < -0.39 is 0 Å². The Morgan fingerprint density at radius 1 is 1.29 bits per heavy atom. The van der Waals surface area contributed by atoms with Crippen LogP contribution in [0, 0.1) is 0 Å². The molecule has 1 unspecified atom stereocenters. The van der Waals surface area contributed by atoms with E-state index in [0.29, 0.717) is 4.99 Å². The molecule has 2 nitrogen and oxygen atoms in total. The van der Waals surface area contributed by atoms with Gasteiger partial charge < -0.3 is 10.6 Å². The highest BCUT2D eigenvalue weighted by molar-refractivity contribution is 9.10. The van der Waals surface area contributed by atoms with Gasteiger partial charge >= 0.3 is 0 Å². The molecule has 2 rings (SSSR count). The number of rotatable bonds is 4. The fourth-order valence-corrected chi connectivity index (χ4v) is 3.36. The largest absolute Gasteiger partial charge is 0.389 e. The Balaban J connectivity index is 2.43. The Morgan fingerprint density at radius 3 is 2.57 bits per heavy atom. The summed E-state index contributed by atoms with van der Waals surface area (Å²) in [6, 6.07) is 13.9. The lowest BCUT2D eigenvalue weighted by Gasteiger charge is -2.29. The van der Waals surface area contributed by atoms with Crippen LogP contribution in [0.1, 0.15) is 24.1 Å². The summed E-state index contributed by atoms with van der Waals surface area (Å²) in [5, 5.41) is 0.733. The summed E-state index contributed by atoms with van der Waals surface area (Å²) in [6.45, 7) is 2.12. The number of hydrogen-bond donors (Lipinski definition) is 1. The van der Waals surface area contributed by atoms with E-state index in [4.69, 9.17) is 29.6 Å². The normalized spacial score (nSPS) is 12.0. The van der Waals surface area contributed by atoms with Gasteiger partial charge in [-0.25, -0.2) is 0 Å². The van der Waals surface area contributed by atoms with Crippen molar-refractivity contribution in [2.24, 2.45) is 5.73 Å². The van der Waals surface area contributed by atoms with E-state index in [1.54, 1.807) is 0 Å². The molecule has 0 heterocycles. The minimum atomic E-state index is 0.145. The third kappa shape index (κ3) is 3.57. The van der Waals surface area contributed by atoms with E-state index >= 15 is 0 Å². The van der Waals surface area contributed by atoms with Crippen molar-refractivity contribution in [1.29, 1.82) is 0 Å². The van der Waals surface area contributed by atoms with E-state index in [-0.39, 0.29) is 6.04 Å². The molecule has 110 valence electrons. The van der Waals surface area contributed by atoms with Crippen molar-refractivity contribution >= 4 is 50.4 Å². The van der Waals surface area contributed by atoms with Crippen LogP contribution in [0.15, 0.2) is 46.9 Å². The summed E-state index contributed by atoms with van der Waals surface area (Å²) in [5.74, 6) is 0. The molecule has 0 amide bonds. The molecule has 0 saturated heterocycles. The van der Waals surface area contributed by atoms with Crippen molar-refractivity contribution < 1.29 is 0 Å². The second kappa shape index (κ2) is 6.77. The fourth-order valence-electron chi connectivity index (χ4n) is 2.25. The van der Waals surface area contributed by atoms with Crippen LogP contribution in [-0.2, 0) is 0 Å². The molecule has 21 heavy (non-hydrogen) atoms. The van der Waals surface area contributed by atoms with Crippen LogP contribution < -0.4 is 10.6 Å². The summed E-state index contributed by atoms with van der Waals surface area (Å²) in [5.41, 5.74) is 8.85. The van der Waals surface area contributed by atoms with Crippen molar-refractivity contribution in [3.8, 4) is 0 Å². The maximum Gasteiger partial charge on any atom is 0.107 e. The Bertz CT molecular complexity index is 675. The molecule has 0 aliphatic rings. The van der Waals surface area contributed by atoms with E-state index in [1.165, 1.54) is 0 Å². The number of benzene rings is 2. The zero-order valence-corrected chi connectivity index (χ0v) is 15.0. The molecule has 2 aromatic rings.